The van der Waals surface area contributed by atoms with Crippen molar-refractivity contribution in [3.05, 3.63) is 47.3 Å². The highest BCUT2D eigenvalue weighted by molar-refractivity contribution is 5.97. The van der Waals surface area contributed by atoms with Crippen molar-refractivity contribution in [1.82, 2.24) is 41.6 Å². The molecule has 1 aromatic heterocycles. The number of ether oxygens (including phenoxy) is 3. The maximum Gasteiger partial charge on any atom is 0.326 e. The van der Waals surface area contributed by atoms with Gasteiger partial charge in [-0.1, -0.05) is 38.8 Å². The monoisotopic (exact) mass is 890 g/mol. The lowest BCUT2D eigenvalue weighted by molar-refractivity contribution is -0.141. The maximum atomic E-state index is 12.6. The number of aryl methyl sites for hydroxylation is 2. The number of aromatic nitrogens is 3. The molecule has 2 aromatic rings. The number of rotatable bonds is 34. The number of amides is 5. The van der Waals surface area contributed by atoms with Crippen LogP contribution in [0.2, 0.25) is 0 Å². The van der Waals surface area contributed by atoms with Crippen LogP contribution >= 0.6 is 0 Å². The summed E-state index contributed by atoms with van der Waals surface area (Å²) >= 11 is 0. The molecule has 0 saturated carbocycles. The SMILES string of the molecule is CC(C)(C)CC(=O)NCCOCCOCCOCCNC(=O)c1ccc(C(=O)NCCCCCCc2cn(CCCC[C@H](NC(=O)N[C@@H](CCC(=O)O)C(=O)O)C(=O)O)nn2)cc1. The number of hydrogen-bond acceptors (Lipinski definition) is 12. The first-order valence-electron chi connectivity index (χ1n) is 21.3. The summed E-state index contributed by atoms with van der Waals surface area (Å²) in [6.45, 7) is 10.1. The van der Waals surface area contributed by atoms with Gasteiger partial charge < -0.3 is 56.1 Å². The van der Waals surface area contributed by atoms with Crippen molar-refractivity contribution in [3.8, 4) is 0 Å². The fourth-order valence-electron chi connectivity index (χ4n) is 5.87. The Morgan fingerprint density at radius 3 is 1.73 bits per heavy atom. The highest BCUT2D eigenvalue weighted by Crippen LogP contribution is 2.17. The number of carboxylic acids is 3. The molecule has 5 amide bonds. The Bertz CT molecular complexity index is 1720. The fraction of sp³-hybridized carbons (Fsp3) is 0.643. The predicted octanol–water partition coefficient (Wildman–Crippen LogP) is 2.38. The van der Waals surface area contributed by atoms with Gasteiger partial charge >= 0.3 is 23.9 Å². The lowest BCUT2D eigenvalue weighted by Gasteiger charge is -2.18. The van der Waals surface area contributed by atoms with Gasteiger partial charge in [-0.3, -0.25) is 23.9 Å². The normalized spacial score (nSPS) is 12.2. The molecule has 8 N–H and O–H groups in total. The van der Waals surface area contributed by atoms with Crippen LogP contribution in [0.4, 0.5) is 4.79 Å². The molecule has 0 spiro atoms. The third-order valence-electron chi connectivity index (χ3n) is 9.16. The van der Waals surface area contributed by atoms with Crippen molar-refractivity contribution in [2.24, 2.45) is 5.41 Å². The Hall–Kier alpha value is -5.67. The topological polar surface area (TPSA) is 299 Å². The zero-order valence-corrected chi connectivity index (χ0v) is 36.7. The summed E-state index contributed by atoms with van der Waals surface area (Å²) in [6.07, 6.45) is 6.74. The Labute approximate surface area is 367 Å². The lowest BCUT2D eigenvalue weighted by atomic mass is 9.92. The number of nitrogens with one attached hydrogen (secondary N) is 5. The maximum absolute atomic E-state index is 12.6. The van der Waals surface area contributed by atoms with Crippen molar-refractivity contribution >= 4 is 41.7 Å². The molecule has 21 nitrogen and oxygen atoms in total. The van der Waals surface area contributed by atoms with E-state index in [1.165, 1.54) is 0 Å². The van der Waals surface area contributed by atoms with E-state index in [1.807, 2.05) is 27.0 Å². The molecular weight excluding hydrogens is 825 g/mol. The van der Waals surface area contributed by atoms with Crippen LogP contribution in [0, 0.1) is 5.41 Å². The van der Waals surface area contributed by atoms with Crippen LogP contribution in [0.1, 0.15) is 111 Å². The van der Waals surface area contributed by atoms with Gasteiger partial charge in [-0.15, -0.1) is 5.10 Å². The lowest BCUT2D eigenvalue weighted by Crippen LogP contribution is -2.51. The molecule has 0 unspecified atom stereocenters. The van der Waals surface area contributed by atoms with Gasteiger partial charge in [0.2, 0.25) is 5.91 Å². The van der Waals surface area contributed by atoms with Gasteiger partial charge in [0.25, 0.3) is 11.8 Å². The van der Waals surface area contributed by atoms with Gasteiger partial charge in [-0.2, -0.15) is 0 Å². The van der Waals surface area contributed by atoms with Crippen molar-refractivity contribution in [3.63, 3.8) is 0 Å². The zero-order chi connectivity index (χ0) is 46.5. The number of unbranched alkanes of at least 4 members (excludes halogenated alkanes) is 4. The van der Waals surface area contributed by atoms with Gasteiger partial charge in [0.1, 0.15) is 12.1 Å². The first kappa shape index (κ1) is 53.5. The highest BCUT2D eigenvalue weighted by atomic mass is 16.5. The van der Waals surface area contributed by atoms with E-state index in [0.717, 1.165) is 37.8 Å². The molecule has 63 heavy (non-hydrogen) atoms. The van der Waals surface area contributed by atoms with E-state index in [0.29, 0.717) is 96.2 Å². The summed E-state index contributed by atoms with van der Waals surface area (Å²) in [5.41, 5.74) is 1.65. The number of urea groups is 1. The molecule has 2 atom stereocenters. The molecule has 1 aromatic carbocycles. The molecule has 0 fully saturated rings. The standard InChI is InChI=1S/C42H66N8O13/c1-42(2,3)28-35(51)43-19-22-61-24-26-63-27-25-62-23-20-45-38(55)31-14-12-30(13-15-31)37(54)44-18-8-5-4-6-10-32-29-50(49-48-32)21-9-7-11-33(39(56)57)46-41(60)47-34(40(58)59)16-17-36(52)53/h12-15,29,33-34H,4-11,16-28H2,1-3H3,(H,43,51)(H,44,54)(H,45,55)(H,52,53)(H,56,57)(H,58,59)(H2,46,47,60)/t33-,34-/m0/s1. The minimum atomic E-state index is -1.47. The summed E-state index contributed by atoms with van der Waals surface area (Å²) < 4.78 is 18.1. The van der Waals surface area contributed by atoms with Crippen LogP contribution in [-0.4, -0.2) is 143 Å². The fourth-order valence-corrected chi connectivity index (χ4v) is 5.87. The molecule has 1 heterocycles. The van der Waals surface area contributed by atoms with Crippen LogP contribution in [0.5, 0.6) is 0 Å². The van der Waals surface area contributed by atoms with E-state index in [9.17, 15) is 43.8 Å². The van der Waals surface area contributed by atoms with Crippen molar-refractivity contribution in [1.29, 1.82) is 0 Å². The molecule has 352 valence electrons. The van der Waals surface area contributed by atoms with Crippen LogP contribution in [-0.2, 0) is 46.4 Å². The van der Waals surface area contributed by atoms with Gasteiger partial charge in [0.05, 0.1) is 45.3 Å². The highest BCUT2D eigenvalue weighted by Gasteiger charge is 2.25. The molecule has 0 aliphatic heterocycles. The Kier molecular flexibility index (Phi) is 25.8. The first-order valence-corrected chi connectivity index (χ1v) is 21.3. The molecule has 0 aliphatic carbocycles. The third-order valence-corrected chi connectivity index (χ3v) is 9.16. The minimum Gasteiger partial charge on any atom is -0.481 e. The van der Waals surface area contributed by atoms with Crippen LogP contribution in [0.15, 0.2) is 30.5 Å². The number of carbonyl (C=O) groups is 7. The third kappa shape index (κ3) is 25.8. The number of carboxylic acid groups (broad SMARTS) is 3. The second kappa shape index (κ2) is 30.4. The van der Waals surface area contributed by atoms with Gasteiger partial charge in [-0.05, 0) is 74.6 Å². The van der Waals surface area contributed by atoms with Crippen LogP contribution < -0.4 is 26.6 Å². The van der Waals surface area contributed by atoms with E-state index in [-0.39, 0.29) is 36.0 Å². The number of carbonyl (C=O) groups excluding carboxylic acids is 4. The summed E-state index contributed by atoms with van der Waals surface area (Å²) in [7, 11) is 0. The van der Waals surface area contributed by atoms with Gasteiger partial charge in [0, 0.05) is 56.3 Å². The number of benzene rings is 1. The number of nitrogens with zero attached hydrogens (tertiary/aromatic N) is 3. The molecule has 0 radical (unpaired) electrons. The Morgan fingerprint density at radius 1 is 0.651 bits per heavy atom. The molecule has 0 saturated heterocycles. The summed E-state index contributed by atoms with van der Waals surface area (Å²) in [5.74, 6) is -4.42. The quantitative estimate of drug-likeness (QED) is 0.0468. The number of hydrogen-bond donors (Lipinski definition) is 8. The summed E-state index contributed by atoms with van der Waals surface area (Å²) in [4.78, 5) is 82.7. The van der Waals surface area contributed by atoms with Crippen LogP contribution in [0.3, 0.4) is 0 Å². The summed E-state index contributed by atoms with van der Waals surface area (Å²) in [5, 5.41) is 48.6. The largest absolute Gasteiger partial charge is 0.481 e. The Balaban J connectivity index is 1.49. The van der Waals surface area contributed by atoms with E-state index in [1.54, 1.807) is 28.9 Å². The van der Waals surface area contributed by atoms with Crippen molar-refractivity contribution in [2.75, 3.05) is 59.3 Å². The molecule has 0 aliphatic rings. The Morgan fingerprint density at radius 2 is 1.17 bits per heavy atom. The van der Waals surface area contributed by atoms with E-state index < -0.39 is 42.4 Å². The van der Waals surface area contributed by atoms with Crippen molar-refractivity contribution < 1.29 is 63.1 Å². The zero-order valence-electron chi connectivity index (χ0n) is 36.7. The van der Waals surface area contributed by atoms with Crippen molar-refractivity contribution in [2.45, 2.75) is 110 Å². The molecule has 0 bridgehead atoms. The predicted molar refractivity (Wildman–Crippen MR) is 228 cm³/mol. The second-order valence-electron chi connectivity index (χ2n) is 16.0. The van der Waals surface area contributed by atoms with Gasteiger partial charge in [-0.25, -0.2) is 14.4 Å². The van der Waals surface area contributed by atoms with E-state index >= 15 is 0 Å². The average Bonchev–Trinajstić information content (AvgIpc) is 3.68. The molecule has 21 heteroatoms. The minimum absolute atomic E-state index is 0.00897. The van der Waals surface area contributed by atoms with Crippen LogP contribution in [0.25, 0.3) is 0 Å². The second-order valence-corrected chi connectivity index (χ2v) is 16.0. The van der Waals surface area contributed by atoms with Gasteiger partial charge in [0.15, 0.2) is 0 Å². The number of aliphatic carboxylic acids is 3. The van der Waals surface area contributed by atoms with E-state index in [2.05, 4.69) is 36.9 Å². The van der Waals surface area contributed by atoms with E-state index in [4.69, 9.17) is 19.3 Å². The summed E-state index contributed by atoms with van der Waals surface area (Å²) in [6, 6.07) is 2.67. The smallest absolute Gasteiger partial charge is 0.326 e. The molecular formula is C42H66N8O13. The average molecular weight is 891 g/mol. The molecule has 2 rings (SSSR count). The first-order chi connectivity index (χ1) is 30.0.